The molecule has 4 nitrogen and oxygen atoms in total. The minimum absolute atomic E-state index is 0.167. The average molecular weight is 194 g/mol. The molecule has 14 heavy (non-hydrogen) atoms. The molecule has 0 aliphatic carbocycles. The van der Waals surface area contributed by atoms with Crippen molar-refractivity contribution < 1.29 is 19.4 Å². The van der Waals surface area contributed by atoms with Gasteiger partial charge in [-0.15, -0.1) is 0 Å². The van der Waals surface area contributed by atoms with E-state index in [0.717, 1.165) is 0 Å². The number of aliphatic hydroxyl groups is 1. The first-order chi connectivity index (χ1) is 6.62. The van der Waals surface area contributed by atoms with Crippen LogP contribution in [-0.4, -0.2) is 23.3 Å². The van der Waals surface area contributed by atoms with Gasteiger partial charge < -0.3 is 14.6 Å². The van der Waals surface area contributed by atoms with Crippen LogP contribution in [0.5, 0.6) is 11.5 Å². The van der Waals surface area contributed by atoms with Gasteiger partial charge in [0.1, 0.15) is 0 Å². The average Bonchev–Trinajstić information content (AvgIpc) is 2.17. The summed E-state index contributed by atoms with van der Waals surface area (Å²) in [7, 11) is 0. The van der Waals surface area contributed by atoms with Crippen LogP contribution in [0.25, 0.3) is 0 Å². The smallest absolute Gasteiger partial charge is 0.302 e. The lowest BCUT2D eigenvalue weighted by atomic mass is 10.2. The number of para-hydroxylation sites is 2. The Kier molecular flexibility index (Phi) is 1.93. The first kappa shape index (κ1) is 9.02. The number of ketones is 1. The Bertz CT molecular complexity index is 374. The molecule has 1 aromatic carbocycles. The van der Waals surface area contributed by atoms with Crippen molar-refractivity contribution in [2.75, 3.05) is 6.61 Å². The molecule has 0 saturated carbocycles. The molecule has 1 aliphatic rings. The van der Waals surface area contributed by atoms with Gasteiger partial charge >= 0.3 is 5.79 Å². The van der Waals surface area contributed by atoms with Crippen molar-refractivity contribution in [2.45, 2.75) is 12.7 Å². The normalized spacial score (nSPS) is 24.4. The Morgan fingerprint density at radius 3 is 2.71 bits per heavy atom. The van der Waals surface area contributed by atoms with Crippen molar-refractivity contribution in [1.82, 2.24) is 0 Å². The number of carbonyl (C=O) groups excluding carboxylic acids is 1. The lowest BCUT2D eigenvalue weighted by molar-refractivity contribution is -0.186. The van der Waals surface area contributed by atoms with Crippen LogP contribution in [0.4, 0.5) is 0 Å². The summed E-state index contributed by atoms with van der Waals surface area (Å²) in [5, 5.41) is 9.70. The lowest BCUT2D eigenvalue weighted by Crippen LogP contribution is -2.50. The van der Waals surface area contributed by atoms with Gasteiger partial charge in [-0.1, -0.05) is 12.1 Å². The van der Waals surface area contributed by atoms with Gasteiger partial charge in [-0.2, -0.15) is 0 Å². The highest BCUT2D eigenvalue weighted by molar-refractivity contribution is 5.84. The summed E-state index contributed by atoms with van der Waals surface area (Å²) in [5.74, 6) is -1.38. The fourth-order valence-electron chi connectivity index (χ4n) is 1.21. The Balaban J connectivity index is 2.34. The standard InChI is InChI=1S/C10H10O4/c1-7(11)10(12)6-13-8-4-2-3-5-9(8)14-10/h2-5,12H,6H2,1H3. The van der Waals surface area contributed by atoms with Crippen LogP contribution in [0.2, 0.25) is 0 Å². The fraction of sp³-hybridized carbons (Fsp3) is 0.300. The fourth-order valence-corrected chi connectivity index (χ4v) is 1.21. The van der Waals surface area contributed by atoms with Gasteiger partial charge in [-0.05, 0) is 12.1 Å². The highest BCUT2D eigenvalue weighted by atomic mass is 16.7. The molecule has 0 fully saturated rings. The summed E-state index contributed by atoms with van der Waals surface area (Å²) in [6.07, 6.45) is 0. The largest absolute Gasteiger partial charge is 0.482 e. The molecular weight excluding hydrogens is 184 g/mol. The zero-order valence-corrected chi connectivity index (χ0v) is 7.69. The number of hydrogen-bond donors (Lipinski definition) is 1. The van der Waals surface area contributed by atoms with Crippen LogP contribution in [0.1, 0.15) is 6.92 Å². The second-order valence-corrected chi connectivity index (χ2v) is 3.18. The molecule has 1 heterocycles. The molecule has 2 rings (SSSR count). The highest BCUT2D eigenvalue weighted by Gasteiger charge is 2.40. The molecule has 0 amide bonds. The number of hydrogen-bond acceptors (Lipinski definition) is 4. The number of fused-ring (bicyclic) bond motifs is 1. The highest BCUT2D eigenvalue weighted by Crippen LogP contribution is 2.33. The molecular formula is C10H10O4. The van der Waals surface area contributed by atoms with Gasteiger partial charge in [0.05, 0.1) is 0 Å². The summed E-state index contributed by atoms with van der Waals surface area (Å²) in [4.78, 5) is 11.1. The SMILES string of the molecule is CC(=O)C1(O)COc2ccccc2O1. The molecule has 1 N–H and O–H groups in total. The summed E-state index contributed by atoms with van der Waals surface area (Å²) in [6, 6.07) is 6.89. The maximum atomic E-state index is 11.1. The molecule has 1 aliphatic heterocycles. The van der Waals surface area contributed by atoms with Crippen LogP contribution in [0.3, 0.4) is 0 Å². The predicted octanol–water partition coefficient (Wildman–Crippen LogP) is 0.735. The van der Waals surface area contributed by atoms with Gasteiger partial charge in [-0.3, -0.25) is 4.79 Å². The summed E-state index contributed by atoms with van der Waals surface area (Å²) in [5.41, 5.74) is 0. The third-order valence-corrected chi connectivity index (χ3v) is 2.10. The summed E-state index contributed by atoms with van der Waals surface area (Å²) in [6.45, 7) is 1.09. The minimum Gasteiger partial charge on any atom is -0.482 e. The van der Waals surface area contributed by atoms with Crippen LogP contribution in [-0.2, 0) is 4.79 Å². The third kappa shape index (κ3) is 1.33. The Morgan fingerprint density at radius 2 is 2.07 bits per heavy atom. The monoisotopic (exact) mass is 194 g/mol. The number of Topliss-reactive ketones (excluding diaryl/α,β-unsaturated/α-hetero) is 1. The van der Waals surface area contributed by atoms with E-state index in [4.69, 9.17) is 9.47 Å². The van der Waals surface area contributed by atoms with Crippen LogP contribution < -0.4 is 9.47 Å². The molecule has 1 atom stereocenters. The zero-order valence-electron chi connectivity index (χ0n) is 7.69. The molecule has 74 valence electrons. The van der Waals surface area contributed by atoms with Gasteiger partial charge in [0, 0.05) is 6.92 Å². The second kappa shape index (κ2) is 2.99. The van der Waals surface area contributed by atoms with E-state index in [1.165, 1.54) is 6.92 Å². The minimum atomic E-state index is -1.84. The van der Waals surface area contributed by atoms with E-state index in [1.54, 1.807) is 24.3 Å². The molecule has 0 spiro atoms. The van der Waals surface area contributed by atoms with E-state index in [-0.39, 0.29) is 6.61 Å². The van der Waals surface area contributed by atoms with E-state index in [0.29, 0.717) is 11.5 Å². The molecule has 0 radical (unpaired) electrons. The van der Waals surface area contributed by atoms with Crippen molar-refractivity contribution >= 4 is 5.78 Å². The van der Waals surface area contributed by atoms with Crippen molar-refractivity contribution in [3.63, 3.8) is 0 Å². The second-order valence-electron chi connectivity index (χ2n) is 3.18. The number of ether oxygens (including phenoxy) is 2. The topological polar surface area (TPSA) is 55.8 Å². The van der Waals surface area contributed by atoms with E-state index >= 15 is 0 Å². The molecule has 0 aromatic heterocycles. The Hall–Kier alpha value is -1.55. The van der Waals surface area contributed by atoms with E-state index < -0.39 is 11.6 Å². The van der Waals surface area contributed by atoms with E-state index in [1.807, 2.05) is 0 Å². The molecule has 1 unspecified atom stereocenters. The maximum Gasteiger partial charge on any atom is 0.302 e. The quantitative estimate of drug-likeness (QED) is 0.716. The Labute approximate surface area is 81.1 Å². The molecule has 0 bridgehead atoms. The molecule has 4 heteroatoms. The van der Waals surface area contributed by atoms with Gasteiger partial charge in [0.25, 0.3) is 0 Å². The Morgan fingerprint density at radius 1 is 1.43 bits per heavy atom. The van der Waals surface area contributed by atoms with Crippen LogP contribution in [0.15, 0.2) is 24.3 Å². The van der Waals surface area contributed by atoms with Gasteiger partial charge in [0.15, 0.2) is 18.1 Å². The number of carbonyl (C=O) groups is 1. The third-order valence-electron chi connectivity index (χ3n) is 2.10. The number of benzene rings is 1. The summed E-state index contributed by atoms with van der Waals surface area (Å²) < 4.78 is 10.4. The molecule has 1 aromatic rings. The van der Waals surface area contributed by atoms with E-state index in [9.17, 15) is 9.90 Å². The van der Waals surface area contributed by atoms with Crippen LogP contribution in [0, 0.1) is 0 Å². The van der Waals surface area contributed by atoms with Crippen molar-refractivity contribution in [3.05, 3.63) is 24.3 Å². The zero-order chi connectivity index (χ0) is 10.2. The number of rotatable bonds is 1. The lowest BCUT2D eigenvalue weighted by Gasteiger charge is -2.31. The predicted molar refractivity (Wildman–Crippen MR) is 48.2 cm³/mol. The maximum absolute atomic E-state index is 11.1. The van der Waals surface area contributed by atoms with Crippen molar-refractivity contribution in [1.29, 1.82) is 0 Å². The van der Waals surface area contributed by atoms with Crippen molar-refractivity contribution in [2.24, 2.45) is 0 Å². The summed E-state index contributed by atoms with van der Waals surface area (Å²) >= 11 is 0. The van der Waals surface area contributed by atoms with Gasteiger partial charge in [0.2, 0.25) is 5.78 Å². The van der Waals surface area contributed by atoms with Crippen molar-refractivity contribution in [3.8, 4) is 11.5 Å². The van der Waals surface area contributed by atoms with Crippen LogP contribution >= 0.6 is 0 Å². The molecule has 0 saturated heterocycles. The first-order valence-electron chi connectivity index (χ1n) is 4.26. The van der Waals surface area contributed by atoms with Gasteiger partial charge in [-0.25, -0.2) is 0 Å². The first-order valence-corrected chi connectivity index (χ1v) is 4.26. The van der Waals surface area contributed by atoms with E-state index in [2.05, 4.69) is 0 Å².